The van der Waals surface area contributed by atoms with Crippen LogP contribution in [0.5, 0.6) is 11.6 Å². The summed E-state index contributed by atoms with van der Waals surface area (Å²) in [6, 6.07) is 17.1. The van der Waals surface area contributed by atoms with Gasteiger partial charge in [0.1, 0.15) is 18.2 Å². The van der Waals surface area contributed by atoms with E-state index in [2.05, 4.69) is 75.4 Å². The maximum Gasteiger partial charge on any atom is 0.213 e. The zero-order valence-corrected chi connectivity index (χ0v) is 26.6. The molecule has 0 saturated heterocycles. The molecule has 0 spiro atoms. The lowest BCUT2D eigenvalue weighted by atomic mass is 9.96. The van der Waals surface area contributed by atoms with Crippen LogP contribution < -0.4 is 9.47 Å². The Kier molecular flexibility index (Phi) is 11.2. The second-order valence-corrected chi connectivity index (χ2v) is 13.5. The second-order valence-electron chi connectivity index (χ2n) is 11.6. The first kappa shape index (κ1) is 31.4. The molecule has 5 nitrogen and oxygen atoms in total. The highest BCUT2D eigenvalue weighted by molar-refractivity contribution is 7.51. The van der Waals surface area contributed by atoms with Crippen molar-refractivity contribution in [2.24, 2.45) is 5.92 Å². The minimum atomic E-state index is -0.422. The molecule has 4 rings (SSSR count). The van der Waals surface area contributed by atoms with Crippen LogP contribution in [0.25, 0.3) is 11.1 Å². The number of ether oxygens (including phenoxy) is 2. The van der Waals surface area contributed by atoms with Crippen LogP contribution >= 0.6 is 8.15 Å². The molecule has 1 aliphatic carbocycles. The van der Waals surface area contributed by atoms with Crippen LogP contribution in [0.15, 0.2) is 54.7 Å². The van der Waals surface area contributed by atoms with Gasteiger partial charge in [0, 0.05) is 45.0 Å². The summed E-state index contributed by atoms with van der Waals surface area (Å²) in [7, 11) is 1.13. The van der Waals surface area contributed by atoms with Gasteiger partial charge in [-0.05, 0) is 107 Å². The van der Waals surface area contributed by atoms with E-state index in [-0.39, 0.29) is 5.82 Å². The highest BCUT2D eigenvalue weighted by atomic mass is 31.1. The van der Waals surface area contributed by atoms with Gasteiger partial charge in [0.2, 0.25) is 5.88 Å². The first-order valence-corrected chi connectivity index (χ1v) is 16.7. The average Bonchev–Trinajstić information content (AvgIpc) is 3.79. The van der Waals surface area contributed by atoms with Crippen molar-refractivity contribution >= 4 is 8.15 Å². The van der Waals surface area contributed by atoms with Crippen LogP contribution in [0.4, 0.5) is 4.39 Å². The number of benzene rings is 2. The van der Waals surface area contributed by atoms with E-state index in [0.717, 1.165) is 41.1 Å². The molecule has 0 aliphatic heterocycles. The van der Waals surface area contributed by atoms with Crippen LogP contribution in [-0.4, -0.2) is 48.5 Å². The topological polar surface area (TPSA) is 43.8 Å². The molecule has 2 aromatic carbocycles. The third-order valence-electron chi connectivity index (χ3n) is 7.86. The Bertz CT molecular complexity index is 1270. The number of methoxy groups -OCH3 is 1. The largest absolute Gasteiger partial charge is 0.489 e. The number of rotatable bonds is 15. The molecule has 2 unspecified atom stereocenters. The molecule has 0 radical (unpaired) electrons. The van der Waals surface area contributed by atoms with Crippen molar-refractivity contribution in [3.63, 3.8) is 0 Å². The second kappa shape index (κ2) is 14.6. The van der Waals surface area contributed by atoms with Gasteiger partial charge in [-0.15, -0.1) is 0 Å². The van der Waals surface area contributed by atoms with Gasteiger partial charge < -0.3 is 14.0 Å². The quantitative estimate of drug-likeness (QED) is 0.168. The van der Waals surface area contributed by atoms with Crippen LogP contribution in [-0.2, 0) is 17.7 Å². The first-order chi connectivity index (χ1) is 19.7. The van der Waals surface area contributed by atoms with Gasteiger partial charge >= 0.3 is 0 Å². The molecule has 0 amide bonds. The smallest absolute Gasteiger partial charge is 0.213 e. The molecular weight excluding hydrogens is 534 g/mol. The summed E-state index contributed by atoms with van der Waals surface area (Å²) in [5.74, 6) is 2.19. The summed E-state index contributed by atoms with van der Waals surface area (Å²) in [5.41, 5.74) is 4.79. The molecule has 0 bridgehead atoms. The lowest BCUT2D eigenvalue weighted by molar-refractivity contribution is 0.166. The van der Waals surface area contributed by atoms with Crippen molar-refractivity contribution < 1.29 is 18.4 Å². The lowest BCUT2D eigenvalue weighted by Crippen LogP contribution is -2.36. The van der Waals surface area contributed by atoms with Crippen LogP contribution in [0.2, 0.25) is 0 Å². The summed E-state index contributed by atoms with van der Waals surface area (Å²) in [6.45, 7) is 15.0. The summed E-state index contributed by atoms with van der Waals surface area (Å²) in [6.07, 6.45) is 4.93. The molecule has 1 aliphatic rings. The predicted molar refractivity (Wildman–Crippen MR) is 168 cm³/mol. The van der Waals surface area contributed by atoms with Crippen LogP contribution in [0, 0.1) is 11.7 Å². The Hall–Kier alpha value is -2.53. The monoisotopic (exact) mass is 580 g/mol. The van der Waals surface area contributed by atoms with E-state index >= 15 is 4.39 Å². The molecule has 1 aromatic heterocycles. The Morgan fingerprint density at radius 2 is 1.78 bits per heavy atom. The van der Waals surface area contributed by atoms with Gasteiger partial charge in [0.15, 0.2) is 0 Å². The minimum absolute atomic E-state index is 0.341. The van der Waals surface area contributed by atoms with Crippen molar-refractivity contribution in [1.82, 2.24) is 9.88 Å². The van der Waals surface area contributed by atoms with Crippen molar-refractivity contribution in [3.05, 3.63) is 77.2 Å². The van der Waals surface area contributed by atoms with Gasteiger partial charge in [0.05, 0.1) is 13.3 Å². The Morgan fingerprint density at radius 1 is 1.02 bits per heavy atom. The van der Waals surface area contributed by atoms with E-state index in [1.807, 2.05) is 18.2 Å². The normalized spacial score (nSPS) is 15.0. The first-order valence-electron chi connectivity index (χ1n) is 14.8. The number of pyridine rings is 1. The van der Waals surface area contributed by atoms with E-state index in [1.54, 1.807) is 13.2 Å². The molecular formula is C34H46FN2O3P. The van der Waals surface area contributed by atoms with Crippen molar-refractivity contribution in [2.45, 2.75) is 78.6 Å². The van der Waals surface area contributed by atoms with Gasteiger partial charge in [-0.25, -0.2) is 9.37 Å². The number of hydrogen-bond donors (Lipinski definition) is 0. The number of hydrogen-bond acceptors (Lipinski definition) is 5. The lowest BCUT2D eigenvalue weighted by Gasteiger charge is -2.31. The molecule has 1 saturated carbocycles. The number of halogens is 1. The molecule has 0 N–H and O–H groups in total. The molecule has 1 fully saturated rings. The fourth-order valence-electron chi connectivity index (χ4n) is 5.60. The van der Waals surface area contributed by atoms with Crippen molar-refractivity contribution in [2.75, 3.05) is 26.5 Å². The standard InChI is InChI=1S/C34H46FN2O3P/c1-8-40-41(7)22-32(26-13-14-26)27-10-9-11-29(17-27)39-21-25-12-15-30(31-18-34(38-6)36-19-33(31)35)28(16-25)20-37(23(2)3)24(4)5/h9-12,15-19,23-24,26,32H,8,13-14,20-22H2,1-7H3. The van der Waals surface area contributed by atoms with Gasteiger partial charge in [-0.2, -0.15) is 0 Å². The van der Waals surface area contributed by atoms with E-state index in [1.165, 1.54) is 24.6 Å². The number of aromatic nitrogens is 1. The fraction of sp³-hybridized carbons (Fsp3) is 0.500. The molecule has 7 heteroatoms. The van der Waals surface area contributed by atoms with Crippen LogP contribution in [0.3, 0.4) is 0 Å². The average molecular weight is 581 g/mol. The van der Waals surface area contributed by atoms with Crippen LogP contribution in [0.1, 0.15) is 70.1 Å². The summed E-state index contributed by atoms with van der Waals surface area (Å²) >= 11 is 0. The third-order valence-corrected chi connectivity index (χ3v) is 9.47. The molecule has 3 aromatic rings. The highest BCUT2D eigenvalue weighted by Crippen LogP contribution is 2.49. The van der Waals surface area contributed by atoms with Crippen molar-refractivity contribution in [3.8, 4) is 22.8 Å². The summed E-state index contributed by atoms with van der Waals surface area (Å²) in [5, 5.41) is 0. The highest BCUT2D eigenvalue weighted by Gasteiger charge is 2.33. The zero-order chi connectivity index (χ0) is 29.5. The van der Waals surface area contributed by atoms with Gasteiger partial charge in [-0.1, -0.05) is 30.3 Å². The van der Waals surface area contributed by atoms with Crippen molar-refractivity contribution in [1.29, 1.82) is 0 Å². The maximum absolute atomic E-state index is 15.0. The van der Waals surface area contributed by atoms with E-state index < -0.39 is 8.15 Å². The number of nitrogens with zero attached hydrogens (tertiary/aromatic N) is 2. The maximum atomic E-state index is 15.0. The summed E-state index contributed by atoms with van der Waals surface area (Å²) in [4.78, 5) is 6.44. The summed E-state index contributed by atoms with van der Waals surface area (Å²) < 4.78 is 32.6. The molecule has 41 heavy (non-hydrogen) atoms. The Balaban J connectivity index is 1.58. The van der Waals surface area contributed by atoms with Gasteiger partial charge in [0.25, 0.3) is 0 Å². The Morgan fingerprint density at radius 3 is 2.44 bits per heavy atom. The third kappa shape index (κ3) is 8.50. The fourth-order valence-corrected chi connectivity index (χ4v) is 7.21. The predicted octanol–water partition coefficient (Wildman–Crippen LogP) is 8.65. The minimum Gasteiger partial charge on any atom is -0.489 e. The van der Waals surface area contributed by atoms with E-state index in [4.69, 9.17) is 14.0 Å². The Labute approximate surface area is 247 Å². The van der Waals surface area contributed by atoms with E-state index in [9.17, 15) is 0 Å². The zero-order valence-electron chi connectivity index (χ0n) is 25.7. The van der Waals surface area contributed by atoms with Gasteiger partial charge in [-0.3, -0.25) is 4.90 Å². The molecule has 1 heterocycles. The molecule has 2 atom stereocenters. The SMILES string of the molecule is CCOP(C)CC(c1cccc(OCc2ccc(-c3cc(OC)ncc3F)c(CN(C(C)C)C(C)C)c2)c1)C1CC1. The molecule has 222 valence electrons. The van der Waals surface area contributed by atoms with E-state index in [0.29, 0.717) is 42.6 Å².